The molecule has 94 valence electrons. The maximum Gasteiger partial charge on any atom is 0.194 e. The third-order valence-electron chi connectivity index (χ3n) is 3.15. The van der Waals surface area contributed by atoms with Crippen molar-refractivity contribution in [3.05, 3.63) is 69.0 Å². The first-order valence-corrected chi connectivity index (χ1v) is 7.61. The molecule has 0 aliphatic rings. The van der Waals surface area contributed by atoms with E-state index in [2.05, 4.69) is 15.9 Å². The molecule has 0 saturated carbocycles. The van der Waals surface area contributed by atoms with Gasteiger partial charge in [-0.3, -0.25) is 4.79 Å². The van der Waals surface area contributed by atoms with E-state index in [0.717, 1.165) is 31.2 Å². The second kappa shape index (κ2) is 4.91. The van der Waals surface area contributed by atoms with E-state index in [9.17, 15) is 4.79 Å². The van der Waals surface area contributed by atoms with Crippen LogP contribution in [-0.2, 0) is 0 Å². The minimum absolute atomic E-state index is 0.0908. The van der Waals surface area contributed by atoms with Gasteiger partial charge in [0.25, 0.3) is 0 Å². The van der Waals surface area contributed by atoms with Crippen LogP contribution in [0.4, 0.5) is 0 Å². The number of rotatable bonds is 2. The molecule has 0 unspecified atom stereocenters. The molecule has 19 heavy (non-hydrogen) atoms. The molecule has 0 spiro atoms. The number of carbonyl (C=O) groups excluding carboxylic acids is 1. The molecule has 1 aromatic heterocycles. The Labute approximate surface area is 124 Å². The zero-order valence-corrected chi connectivity index (χ0v) is 12.7. The Morgan fingerprint density at radius 3 is 2.74 bits per heavy atom. The summed E-state index contributed by atoms with van der Waals surface area (Å²) in [6.07, 6.45) is 0. The molecule has 0 aliphatic carbocycles. The summed E-state index contributed by atoms with van der Waals surface area (Å²) in [5, 5.41) is 2.99. The van der Waals surface area contributed by atoms with Crippen molar-refractivity contribution in [2.75, 3.05) is 0 Å². The summed E-state index contributed by atoms with van der Waals surface area (Å²) in [6, 6.07) is 13.7. The summed E-state index contributed by atoms with van der Waals surface area (Å²) >= 11 is 5.07. The van der Waals surface area contributed by atoms with Gasteiger partial charge in [0.15, 0.2) is 5.78 Å². The van der Waals surface area contributed by atoms with Crippen LogP contribution in [0.2, 0.25) is 0 Å². The fraction of sp³-hybridized carbons (Fsp3) is 0.0625. The van der Waals surface area contributed by atoms with Crippen molar-refractivity contribution < 1.29 is 4.79 Å². The predicted molar refractivity (Wildman–Crippen MR) is 84.1 cm³/mol. The Hall–Kier alpha value is -1.45. The fourth-order valence-electron chi connectivity index (χ4n) is 2.10. The lowest BCUT2D eigenvalue weighted by Gasteiger charge is -2.03. The molecule has 0 bridgehead atoms. The van der Waals surface area contributed by atoms with Crippen molar-refractivity contribution in [2.45, 2.75) is 6.92 Å². The second-order valence-corrected chi connectivity index (χ2v) is 6.20. The lowest BCUT2D eigenvalue weighted by molar-refractivity contribution is 0.104. The van der Waals surface area contributed by atoms with Crippen molar-refractivity contribution in [2.24, 2.45) is 0 Å². The van der Waals surface area contributed by atoms with Crippen LogP contribution in [0.1, 0.15) is 21.5 Å². The smallest absolute Gasteiger partial charge is 0.194 e. The maximum atomic E-state index is 12.6. The largest absolute Gasteiger partial charge is 0.289 e. The first kappa shape index (κ1) is 12.6. The van der Waals surface area contributed by atoms with E-state index >= 15 is 0 Å². The standard InChI is InChI=1S/C16H11BrOS/c1-10-8-11(6-7-14(10)17)16(18)13-9-19-15-5-3-2-4-12(13)15/h2-9H,1H3. The molecule has 0 N–H and O–H groups in total. The van der Waals surface area contributed by atoms with Gasteiger partial charge < -0.3 is 0 Å². The molecule has 0 radical (unpaired) electrons. The number of hydrogen-bond donors (Lipinski definition) is 0. The maximum absolute atomic E-state index is 12.6. The highest BCUT2D eigenvalue weighted by Crippen LogP contribution is 2.28. The van der Waals surface area contributed by atoms with Crippen LogP contribution >= 0.6 is 27.3 Å². The van der Waals surface area contributed by atoms with Crippen LogP contribution in [-0.4, -0.2) is 5.78 Å². The second-order valence-electron chi connectivity index (χ2n) is 4.44. The average Bonchev–Trinajstić information content (AvgIpc) is 2.85. The van der Waals surface area contributed by atoms with Gasteiger partial charge in [0, 0.05) is 31.1 Å². The third kappa shape index (κ3) is 2.24. The lowest BCUT2D eigenvalue weighted by Crippen LogP contribution is -2.00. The molecule has 3 heteroatoms. The van der Waals surface area contributed by atoms with Gasteiger partial charge in [0.1, 0.15) is 0 Å². The number of carbonyl (C=O) groups is 1. The Morgan fingerprint density at radius 1 is 1.16 bits per heavy atom. The summed E-state index contributed by atoms with van der Waals surface area (Å²) in [6.45, 7) is 1.99. The molecule has 1 heterocycles. The third-order valence-corrected chi connectivity index (χ3v) is 5.00. The van der Waals surface area contributed by atoms with Gasteiger partial charge in [-0.05, 0) is 36.8 Å². The molecule has 0 atom stereocenters. The molecule has 3 rings (SSSR count). The number of aryl methyl sites for hydroxylation is 1. The van der Waals surface area contributed by atoms with E-state index in [4.69, 9.17) is 0 Å². The fourth-order valence-corrected chi connectivity index (χ4v) is 3.28. The Balaban J connectivity index is 2.11. The molecule has 1 nitrogen and oxygen atoms in total. The summed E-state index contributed by atoms with van der Waals surface area (Å²) in [5.41, 5.74) is 2.61. The summed E-state index contributed by atoms with van der Waals surface area (Å²) in [7, 11) is 0. The van der Waals surface area contributed by atoms with Gasteiger partial charge in [-0.2, -0.15) is 0 Å². The summed E-state index contributed by atoms with van der Waals surface area (Å²) in [4.78, 5) is 12.6. The van der Waals surface area contributed by atoms with Crippen LogP contribution in [0.15, 0.2) is 52.3 Å². The monoisotopic (exact) mass is 330 g/mol. The number of benzene rings is 2. The highest BCUT2D eigenvalue weighted by molar-refractivity contribution is 9.10. The molecule has 0 fully saturated rings. The number of fused-ring (bicyclic) bond motifs is 1. The van der Waals surface area contributed by atoms with Gasteiger partial charge in [0.2, 0.25) is 0 Å². The number of halogens is 1. The van der Waals surface area contributed by atoms with E-state index in [1.54, 1.807) is 11.3 Å². The van der Waals surface area contributed by atoms with Crippen molar-refractivity contribution in [3.8, 4) is 0 Å². The van der Waals surface area contributed by atoms with Crippen LogP contribution in [0.3, 0.4) is 0 Å². The van der Waals surface area contributed by atoms with E-state index in [1.165, 1.54) is 0 Å². The first-order valence-electron chi connectivity index (χ1n) is 5.94. The first-order chi connectivity index (χ1) is 9.16. The van der Waals surface area contributed by atoms with E-state index in [0.29, 0.717) is 0 Å². The predicted octanol–water partition coefficient (Wildman–Crippen LogP) is 5.20. The SMILES string of the molecule is Cc1cc(C(=O)c2csc3ccccc23)ccc1Br. The minimum atomic E-state index is 0.0908. The molecule has 3 aromatic rings. The van der Waals surface area contributed by atoms with E-state index in [-0.39, 0.29) is 5.78 Å². The lowest BCUT2D eigenvalue weighted by atomic mass is 10.0. The van der Waals surface area contributed by atoms with E-state index in [1.807, 2.05) is 54.8 Å². The van der Waals surface area contributed by atoms with Crippen molar-refractivity contribution in [1.29, 1.82) is 0 Å². The van der Waals surface area contributed by atoms with Crippen LogP contribution in [0.25, 0.3) is 10.1 Å². The van der Waals surface area contributed by atoms with Crippen LogP contribution in [0.5, 0.6) is 0 Å². The number of hydrogen-bond acceptors (Lipinski definition) is 2. The number of ketones is 1. The molecule has 2 aromatic carbocycles. The van der Waals surface area contributed by atoms with Gasteiger partial charge in [-0.25, -0.2) is 0 Å². The molecule has 0 saturated heterocycles. The molecular formula is C16H11BrOS. The Bertz CT molecular complexity index is 773. The van der Waals surface area contributed by atoms with Crippen LogP contribution in [0, 0.1) is 6.92 Å². The van der Waals surface area contributed by atoms with Crippen LogP contribution < -0.4 is 0 Å². The number of thiophene rings is 1. The Morgan fingerprint density at radius 2 is 1.95 bits per heavy atom. The highest BCUT2D eigenvalue weighted by Gasteiger charge is 2.14. The normalized spacial score (nSPS) is 10.8. The van der Waals surface area contributed by atoms with Crippen molar-refractivity contribution >= 4 is 43.1 Å². The van der Waals surface area contributed by atoms with E-state index < -0.39 is 0 Å². The van der Waals surface area contributed by atoms with Gasteiger partial charge in [-0.1, -0.05) is 34.1 Å². The molecule has 0 aliphatic heterocycles. The topological polar surface area (TPSA) is 17.1 Å². The summed E-state index contributed by atoms with van der Waals surface area (Å²) < 4.78 is 2.18. The molecule has 0 amide bonds. The highest BCUT2D eigenvalue weighted by atomic mass is 79.9. The zero-order chi connectivity index (χ0) is 13.4. The molecular weight excluding hydrogens is 320 g/mol. The van der Waals surface area contributed by atoms with Gasteiger partial charge in [-0.15, -0.1) is 11.3 Å². The van der Waals surface area contributed by atoms with Gasteiger partial charge >= 0.3 is 0 Å². The Kier molecular flexibility index (Phi) is 3.25. The van der Waals surface area contributed by atoms with Crippen molar-refractivity contribution in [3.63, 3.8) is 0 Å². The zero-order valence-electron chi connectivity index (χ0n) is 10.3. The average molecular weight is 331 g/mol. The van der Waals surface area contributed by atoms with Crippen molar-refractivity contribution in [1.82, 2.24) is 0 Å². The minimum Gasteiger partial charge on any atom is -0.289 e. The quantitative estimate of drug-likeness (QED) is 0.590. The van der Waals surface area contributed by atoms with Gasteiger partial charge in [0.05, 0.1) is 0 Å². The summed E-state index contributed by atoms with van der Waals surface area (Å²) in [5.74, 6) is 0.0908.